The molecule has 0 fully saturated rings. The summed E-state index contributed by atoms with van der Waals surface area (Å²) < 4.78 is 27.0. The van der Waals surface area contributed by atoms with Crippen molar-refractivity contribution in [3.05, 3.63) is 40.5 Å². The van der Waals surface area contributed by atoms with Crippen LogP contribution in [0.25, 0.3) is 11.3 Å². The van der Waals surface area contributed by atoms with Crippen LogP contribution in [0, 0.1) is 11.3 Å². The molecule has 18 heavy (non-hydrogen) atoms. The molecule has 92 valence electrons. The van der Waals surface area contributed by atoms with Gasteiger partial charge in [0.1, 0.15) is 11.8 Å². The summed E-state index contributed by atoms with van der Waals surface area (Å²) in [7, 11) is 1.57. The Hall–Kier alpha value is -1.93. The highest BCUT2D eigenvalue weighted by Crippen LogP contribution is 2.31. The van der Waals surface area contributed by atoms with Gasteiger partial charge in [-0.1, -0.05) is 17.7 Å². The fourth-order valence-electron chi connectivity index (χ4n) is 1.64. The predicted octanol–water partition coefficient (Wildman–Crippen LogP) is 3.55. The molecule has 0 bridgehead atoms. The number of halogens is 3. The molecule has 0 atom stereocenters. The molecule has 1 aromatic heterocycles. The molecule has 0 saturated heterocycles. The molecule has 3 nitrogen and oxygen atoms in total. The average Bonchev–Trinajstić information content (AvgIpc) is 2.71. The van der Waals surface area contributed by atoms with Crippen LogP contribution in [0.4, 0.5) is 8.78 Å². The number of aryl methyl sites for hydroxylation is 1. The summed E-state index contributed by atoms with van der Waals surface area (Å²) in [6.45, 7) is 0. The number of nitrogens with zero attached hydrogens (tertiary/aromatic N) is 3. The molecule has 0 unspecified atom stereocenters. The van der Waals surface area contributed by atoms with Gasteiger partial charge in [0.05, 0.1) is 16.1 Å². The van der Waals surface area contributed by atoms with Gasteiger partial charge in [-0.15, -0.1) is 0 Å². The third-order valence-electron chi connectivity index (χ3n) is 2.46. The zero-order valence-corrected chi connectivity index (χ0v) is 10.1. The van der Waals surface area contributed by atoms with Crippen LogP contribution >= 0.6 is 11.6 Å². The standard InChI is InChI=1S/C12H8ClF2N3/c1-18-6-9(12(14)15)11(17-18)7-2-3-8(5-16)10(13)4-7/h2-4,6,12H,1H3. The molecular weight excluding hydrogens is 260 g/mol. The number of nitriles is 1. The third-order valence-corrected chi connectivity index (χ3v) is 2.77. The lowest BCUT2D eigenvalue weighted by atomic mass is 10.1. The SMILES string of the molecule is Cn1cc(C(F)F)c(-c2ccc(C#N)c(Cl)c2)n1. The van der Waals surface area contributed by atoms with Crippen molar-refractivity contribution in [3.8, 4) is 17.3 Å². The second-order valence-corrected chi connectivity index (χ2v) is 4.12. The Bertz CT molecular complexity index is 629. The monoisotopic (exact) mass is 267 g/mol. The number of hydrogen-bond acceptors (Lipinski definition) is 2. The molecule has 0 spiro atoms. The lowest BCUT2D eigenvalue weighted by Crippen LogP contribution is -1.89. The van der Waals surface area contributed by atoms with E-state index >= 15 is 0 Å². The van der Waals surface area contributed by atoms with E-state index in [1.54, 1.807) is 13.1 Å². The van der Waals surface area contributed by atoms with E-state index in [4.69, 9.17) is 16.9 Å². The van der Waals surface area contributed by atoms with Crippen LogP contribution in [0.5, 0.6) is 0 Å². The van der Waals surface area contributed by atoms with Gasteiger partial charge in [0.15, 0.2) is 0 Å². The molecule has 0 radical (unpaired) electrons. The van der Waals surface area contributed by atoms with Crippen molar-refractivity contribution in [1.29, 1.82) is 5.26 Å². The molecule has 1 heterocycles. The minimum Gasteiger partial charge on any atom is -0.275 e. The highest BCUT2D eigenvalue weighted by Gasteiger charge is 2.18. The fraction of sp³-hybridized carbons (Fsp3) is 0.167. The summed E-state index contributed by atoms with van der Waals surface area (Å²) in [5.41, 5.74) is 0.794. The number of alkyl halides is 2. The molecule has 2 rings (SSSR count). The normalized spacial score (nSPS) is 10.7. The van der Waals surface area contributed by atoms with Crippen molar-refractivity contribution in [1.82, 2.24) is 9.78 Å². The van der Waals surface area contributed by atoms with E-state index in [-0.39, 0.29) is 16.3 Å². The quantitative estimate of drug-likeness (QED) is 0.835. The van der Waals surface area contributed by atoms with Crippen molar-refractivity contribution < 1.29 is 8.78 Å². The first kappa shape index (κ1) is 12.5. The number of hydrogen-bond donors (Lipinski definition) is 0. The van der Waals surface area contributed by atoms with Crippen molar-refractivity contribution in [2.75, 3.05) is 0 Å². The minimum atomic E-state index is -2.61. The average molecular weight is 268 g/mol. The second-order valence-electron chi connectivity index (χ2n) is 3.71. The van der Waals surface area contributed by atoms with Crippen LogP contribution in [0.1, 0.15) is 17.6 Å². The lowest BCUT2D eigenvalue weighted by Gasteiger charge is -2.02. The van der Waals surface area contributed by atoms with Gasteiger partial charge in [0, 0.05) is 18.8 Å². The predicted molar refractivity (Wildman–Crippen MR) is 63.3 cm³/mol. The van der Waals surface area contributed by atoms with Crippen LogP contribution in [0.3, 0.4) is 0 Å². The van der Waals surface area contributed by atoms with E-state index < -0.39 is 6.43 Å². The fourth-order valence-corrected chi connectivity index (χ4v) is 1.87. The third kappa shape index (κ3) is 2.20. The van der Waals surface area contributed by atoms with Gasteiger partial charge in [-0.3, -0.25) is 4.68 Å². The second kappa shape index (κ2) is 4.75. The van der Waals surface area contributed by atoms with Crippen LogP contribution in [-0.2, 0) is 7.05 Å². The Morgan fingerprint density at radius 3 is 2.72 bits per heavy atom. The molecular formula is C12H8ClF2N3. The Morgan fingerprint density at radius 1 is 1.44 bits per heavy atom. The summed E-state index contributed by atoms with van der Waals surface area (Å²) in [6.07, 6.45) is -1.34. The van der Waals surface area contributed by atoms with E-state index in [0.29, 0.717) is 11.1 Å². The van der Waals surface area contributed by atoms with Crippen LogP contribution in [0.2, 0.25) is 5.02 Å². The zero-order valence-electron chi connectivity index (χ0n) is 9.36. The Morgan fingerprint density at radius 2 is 2.17 bits per heavy atom. The van der Waals surface area contributed by atoms with Gasteiger partial charge in [0.25, 0.3) is 6.43 Å². The van der Waals surface area contributed by atoms with Gasteiger partial charge in [-0.05, 0) is 12.1 Å². The highest BCUT2D eigenvalue weighted by atomic mass is 35.5. The summed E-state index contributed by atoms with van der Waals surface area (Å²) >= 11 is 5.87. The van der Waals surface area contributed by atoms with Gasteiger partial charge in [-0.25, -0.2) is 8.78 Å². The maximum Gasteiger partial charge on any atom is 0.267 e. The molecule has 0 aliphatic heterocycles. The zero-order chi connectivity index (χ0) is 13.3. The van der Waals surface area contributed by atoms with Crippen molar-refractivity contribution >= 4 is 11.6 Å². The van der Waals surface area contributed by atoms with E-state index in [1.807, 2.05) is 6.07 Å². The first-order valence-electron chi connectivity index (χ1n) is 5.04. The minimum absolute atomic E-state index is 0.154. The summed E-state index contributed by atoms with van der Waals surface area (Å²) in [4.78, 5) is 0. The molecule has 0 aliphatic rings. The summed E-state index contributed by atoms with van der Waals surface area (Å²) in [5, 5.41) is 13.0. The Labute approximate surface area is 107 Å². The molecule has 2 aromatic rings. The van der Waals surface area contributed by atoms with Crippen LogP contribution < -0.4 is 0 Å². The molecule has 0 saturated carbocycles. The van der Waals surface area contributed by atoms with Gasteiger partial charge < -0.3 is 0 Å². The molecule has 6 heteroatoms. The smallest absolute Gasteiger partial charge is 0.267 e. The van der Waals surface area contributed by atoms with Gasteiger partial charge in [-0.2, -0.15) is 10.4 Å². The van der Waals surface area contributed by atoms with Crippen molar-refractivity contribution in [2.24, 2.45) is 7.05 Å². The largest absolute Gasteiger partial charge is 0.275 e. The van der Waals surface area contributed by atoms with Crippen LogP contribution in [0.15, 0.2) is 24.4 Å². The lowest BCUT2D eigenvalue weighted by molar-refractivity contribution is 0.152. The first-order chi connectivity index (χ1) is 8.52. The molecule has 0 N–H and O–H groups in total. The van der Waals surface area contributed by atoms with Crippen molar-refractivity contribution in [2.45, 2.75) is 6.43 Å². The highest BCUT2D eigenvalue weighted by molar-refractivity contribution is 6.32. The first-order valence-corrected chi connectivity index (χ1v) is 5.42. The maximum atomic E-state index is 12.8. The van der Waals surface area contributed by atoms with E-state index in [0.717, 1.165) is 0 Å². The topological polar surface area (TPSA) is 41.6 Å². The molecule has 0 aliphatic carbocycles. The van der Waals surface area contributed by atoms with Crippen LogP contribution in [-0.4, -0.2) is 9.78 Å². The van der Waals surface area contributed by atoms with Gasteiger partial charge in [0.2, 0.25) is 0 Å². The molecule has 1 aromatic carbocycles. The number of benzene rings is 1. The number of aromatic nitrogens is 2. The van der Waals surface area contributed by atoms with E-state index in [9.17, 15) is 8.78 Å². The molecule has 0 amide bonds. The summed E-state index contributed by atoms with van der Waals surface area (Å²) in [6, 6.07) is 6.42. The summed E-state index contributed by atoms with van der Waals surface area (Å²) in [5.74, 6) is 0. The van der Waals surface area contributed by atoms with E-state index in [2.05, 4.69) is 5.10 Å². The number of rotatable bonds is 2. The van der Waals surface area contributed by atoms with Crippen molar-refractivity contribution in [3.63, 3.8) is 0 Å². The maximum absolute atomic E-state index is 12.8. The van der Waals surface area contributed by atoms with Gasteiger partial charge >= 0.3 is 0 Å². The Balaban J connectivity index is 2.56. The Kier molecular flexibility index (Phi) is 3.30. The van der Waals surface area contributed by atoms with E-state index in [1.165, 1.54) is 23.0 Å².